The summed E-state index contributed by atoms with van der Waals surface area (Å²) in [7, 11) is 0. The third kappa shape index (κ3) is 2.96. The minimum Gasteiger partial charge on any atom is -0.348 e. The number of nitrogens with zero attached hydrogens (tertiary/aromatic N) is 3. The van der Waals surface area contributed by atoms with Crippen LogP contribution in [0.2, 0.25) is 0 Å². The van der Waals surface area contributed by atoms with Crippen LogP contribution in [0.1, 0.15) is 65.8 Å². The van der Waals surface area contributed by atoms with Gasteiger partial charge in [-0.05, 0) is 32.2 Å². The van der Waals surface area contributed by atoms with E-state index in [0.29, 0.717) is 5.92 Å². The van der Waals surface area contributed by atoms with Gasteiger partial charge >= 0.3 is 0 Å². The summed E-state index contributed by atoms with van der Waals surface area (Å²) in [6, 6.07) is 0.225. The molecule has 0 radical (unpaired) electrons. The van der Waals surface area contributed by atoms with E-state index in [-0.39, 0.29) is 11.9 Å². The van der Waals surface area contributed by atoms with E-state index in [1.54, 1.807) is 12.5 Å². The molecule has 4 rings (SSSR count). The van der Waals surface area contributed by atoms with Crippen molar-refractivity contribution in [1.82, 2.24) is 30.4 Å². The molecule has 0 bridgehead atoms. The molecule has 0 spiro atoms. The lowest BCUT2D eigenvalue weighted by molar-refractivity contribution is 0.0710. The van der Waals surface area contributed by atoms with Crippen LogP contribution in [0.25, 0.3) is 0 Å². The van der Waals surface area contributed by atoms with Crippen LogP contribution < -0.4 is 5.32 Å². The summed E-state index contributed by atoms with van der Waals surface area (Å²) in [6.07, 6.45) is 10.7. The van der Waals surface area contributed by atoms with Gasteiger partial charge in [0.25, 0.3) is 5.91 Å². The largest absolute Gasteiger partial charge is 0.348 e. The standard InChI is InChI=1S/C17H24N6O/c24-17(13-9-21-22-16(13)14-3-1-2-6-19-14)23-7-4-12(5-8-23)15-10-18-11-20-15/h9-12,14,19H,1-8H2,(H,18,20)(H,21,22). The fourth-order valence-electron chi connectivity index (χ4n) is 3.88. The molecule has 7 heteroatoms. The second kappa shape index (κ2) is 6.76. The summed E-state index contributed by atoms with van der Waals surface area (Å²) in [5.74, 6) is 0.578. The number of H-pyrrole nitrogens is 2. The Morgan fingerprint density at radius 1 is 1.17 bits per heavy atom. The highest BCUT2D eigenvalue weighted by Crippen LogP contribution is 2.29. The lowest BCUT2D eigenvalue weighted by Crippen LogP contribution is -2.39. The fraction of sp³-hybridized carbons (Fsp3) is 0.588. The second-order valence-corrected chi connectivity index (χ2v) is 6.77. The minimum atomic E-state index is 0.106. The lowest BCUT2D eigenvalue weighted by Gasteiger charge is -2.32. The molecular weight excluding hydrogens is 304 g/mol. The van der Waals surface area contributed by atoms with Gasteiger partial charge in [0.1, 0.15) is 0 Å². The highest BCUT2D eigenvalue weighted by Gasteiger charge is 2.29. The maximum atomic E-state index is 12.9. The fourth-order valence-corrected chi connectivity index (χ4v) is 3.88. The molecule has 1 atom stereocenters. The van der Waals surface area contributed by atoms with Crippen LogP contribution in [0.15, 0.2) is 18.7 Å². The van der Waals surface area contributed by atoms with E-state index in [0.717, 1.165) is 50.2 Å². The number of hydrogen-bond donors (Lipinski definition) is 3. The van der Waals surface area contributed by atoms with Crippen molar-refractivity contribution in [3.05, 3.63) is 35.7 Å². The zero-order valence-electron chi connectivity index (χ0n) is 13.8. The number of likely N-dealkylation sites (tertiary alicyclic amines) is 1. The molecule has 128 valence electrons. The average Bonchev–Trinajstić information content (AvgIpc) is 3.34. The van der Waals surface area contributed by atoms with Gasteiger partial charge in [0, 0.05) is 36.9 Å². The molecule has 7 nitrogen and oxygen atoms in total. The SMILES string of the molecule is O=C(c1cn[nH]c1C1CCCCN1)N1CCC(c2cnc[nH]2)CC1. The Hall–Kier alpha value is -2.15. The summed E-state index contributed by atoms with van der Waals surface area (Å²) < 4.78 is 0. The Balaban J connectivity index is 1.43. The Kier molecular flexibility index (Phi) is 4.34. The average molecular weight is 328 g/mol. The molecule has 0 saturated carbocycles. The van der Waals surface area contributed by atoms with Gasteiger partial charge in [-0.15, -0.1) is 0 Å². The predicted octanol–water partition coefficient (Wildman–Crippen LogP) is 1.97. The number of aromatic nitrogens is 4. The van der Waals surface area contributed by atoms with E-state index >= 15 is 0 Å². The minimum absolute atomic E-state index is 0.106. The zero-order valence-corrected chi connectivity index (χ0v) is 13.8. The Bertz CT molecular complexity index is 665. The first kappa shape index (κ1) is 15.4. The van der Waals surface area contributed by atoms with Gasteiger partial charge in [0.15, 0.2) is 0 Å². The number of hydrogen-bond acceptors (Lipinski definition) is 4. The maximum Gasteiger partial charge on any atom is 0.257 e. The normalized spacial score (nSPS) is 22.7. The van der Waals surface area contributed by atoms with Crippen LogP contribution in [0.3, 0.4) is 0 Å². The first-order chi connectivity index (χ1) is 11.8. The van der Waals surface area contributed by atoms with E-state index in [1.807, 2.05) is 11.1 Å². The Morgan fingerprint density at radius 2 is 2.04 bits per heavy atom. The van der Waals surface area contributed by atoms with Gasteiger partial charge in [-0.1, -0.05) is 6.42 Å². The molecule has 0 aromatic carbocycles. The van der Waals surface area contributed by atoms with E-state index in [1.165, 1.54) is 18.5 Å². The molecule has 2 aromatic heterocycles. The molecule has 1 amide bonds. The van der Waals surface area contributed by atoms with Crippen molar-refractivity contribution < 1.29 is 4.79 Å². The molecule has 4 heterocycles. The Morgan fingerprint density at radius 3 is 2.75 bits per heavy atom. The van der Waals surface area contributed by atoms with Crippen LogP contribution in [-0.2, 0) is 0 Å². The molecule has 3 N–H and O–H groups in total. The first-order valence-corrected chi connectivity index (χ1v) is 8.87. The highest BCUT2D eigenvalue weighted by molar-refractivity contribution is 5.95. The molecule has 0 aliphatic carbocycles. The molecule has 2 aliphatic heterocycles. The zero-order chi connectivity index (χ0) is 16.4. The number of amides is 1. The third-order valence-corrected chi connectivity index (χ3v) is 5.30. The number of imidazole rings is 1. The summed E-state index contributed by atoms with van der Waals surface area (Å²) in [5, 5.41) is 10.7. The van der Waals surface area contributed by atoms with Crippen LogP contribution in [0.5, 0.6) is 0 Å². The summed E-state index contributed by atoms with van der Waals surface area (Å²) in [5.41, 5.74) is 2.86. The Labute approximate surface area is 141 Å². The summed E-state index contributed by atoms with van der Waals surface area (Å²) in [6.45, 7) is 2.57. The van der Waals surface area contributed by atoms with E-state index in [9.17, 15) is 4.79 Å². The van der Waals surface area contributed by atoms with Crippen LogP contribution >= 0.6 is 0 Å². The predicted molar refractivity (Wildman–Crippen MR) is 89.6 cm³/mol. The van der Waals surface area contributed by atoms with Crippen molar-refractivity contribution in [1.29, 1.82) is 0 Å². The second-order valence-electron chi connectivity index (χ2n) is 6.77. The monoisotopic (exact) mass is 328 g/mol. The van der Waals surface area contributed by atoms with Gasteiger partial charge in [-0.3, -0.25) is 9.89 Å². The molecule has 2 aliphatic rings. The van der Waals surface area contributed by atoms with Crippen LogP contribution in [-0.4, -0.2) is 50.6 Å². The number of piperidine rings is 2. The van der Waals surface area contributed by atoms with Gasteiger partial charge < -0.3 is 15.2 Å². The molecular formula is C17H24N6O. The number of aromatic amines is 2. The lowest BCUT2D eigenvalue weighted by atomic mass is 9.93. The smallest absolute Gasteiger partial charge is 0.257 e. The molecule has 2 saturated heterocycles. The van der Waals surface area contributed by atoms with Gasteiger partial charge in [-0.2, -0.15) is 5.10 Å². The highest BCUT2D eigenvalue weighted by atomic mass is 16.2. The van der Waals surface area contributed by atoms with Crippen molar-refractivity contribution in [2.45, 2.75) is 44.1 Å². The molecule has 2 fully saturated rings. The third-order valence-electron chi connectivity index (χ3n) is 5.30. The molecule has 1 unspecified atom stereocenters. The maximum absolute atomic E-state index is 12.9. The van der Waals surface area contributed by atoms with E-state index in [2.05, 4.69) is 25.5 Å². The summed E-state index contributed by atoms with van der Waals surface area (Å²) >= 11 is 0. The van der Waals surface area contributed by atoms with Gasteiger partial charge in [-0.25, -0.2) is 4.98 Å². The van der Waals surface area contributed by atoms with Crippen molar-refractivity contribution >= 4 is 5.91 Å². The van der Waals surface area contributed by atoms with Crippen molar-refractivity contribution in [3.8, 4) is 0 Å². The first-order valence-electron chi connectivity index (χ1n) is 8.87. The number of carbonyl (C=O) groups is 1. The van der Waals surface area contributed by atoms with Crippen LogP contribution in [0.4, 0.5) is 0 Å². The van der Waals surface area contributed by atoms with E-state index in [4.69, 9.17) is 0 Å². The molecule has 2 aromatic rings. The van der Waals surface area contributed by atoms with Gasteiger partial charge in [0.05, 0.1) is 23.8 Å². The number of rotatable bonds is 3. The van der Waals surface area contributed by atoms with Gasteiger partial charge in [0.2, 0.25) is 0 Å². The number of carbonyl (C=O) groups excluding carboxylic acids is 1. The van der Waals surface area contributed by atoms with Crippen molar-refractivity contribution in [2.24, 2.45) is 0 Å². The number of nitrogens with one attached hydrogen (secondary N) is 3. The topological polar surface area (TPSA) is 89.7 Å². The quantitative estimate of drug-likeness (QED) is 0.803. The van der Waals surface area contributed by atoms with Crippen molar-refractivity contribution in [2.75, 3.05) is 19.6 Å². The molecule has 24 heavy (non-hydrogen) atoms. The van der Waals surface area contributed by atoms with Crippen LogP contribution in [0, 0.1) is 0 Å². The summed E-state index contributed by atoms with van der Waals surface area (Å²) in [4.78, 5) is 22.2. The van der Waals surface area contributed by atoms with Crippen molar-refractivity contribution in [3.63, 3.8) is 0 Å². The van der Waals surface area contributed by atoms with E-state index < -0.39 is 0 Å².